The number of aryl methyl sites for hydroxylation is 2. The Bertz CT molecular complexity index is 857. The van der Waals surface area contributed by atoms with Gasteiger partial charge in [-0.15, -0.1) is 0 Å². The molecule has 2 aromatic rings. The third-order valence-corrected chi connectivity index (χ3v) is 6.26. The molecule has 0 saturated carbocycles. The van der Waals surface area contributed by atoms with E-state index in [2.05, 4.69) is 62.4 Å². The van der Waals surface area contributed by atoms with E-state index in [1.165, 1.54) is 101 Å². The Labute approximate surface area is 250 Å². The minimum Gasteiger partial charge on any atom is -1.00 e. The third kappa shape index (κ3) is 20.7. The van der Waals surface area contributed by atoms with Crippen molar-refractivity contribution in [2.75, 3.05) is 0 Å². The van der Waals surface area contributed by atoms with Crippen molar-refractivity contribution in [1.29, 1.82) is 0 Å². The van der Waals surface area contributed by atoms with E-state index in [-0.39, 0.29) is 31.0 Å². The SMILES string of the molecule is CCCCCCCCCc1ccccc1Oc1ccccc1CCCCCCCCC.O=S(=O)(O)O.[H-].[Na+]. The number of benzene rings is 2. The molecule has 37 heavy (non-hydrogen) atoms. The molecular formula is C30H49NaO5S. The summed E-state index contributed by atoms with van der Waals surface area (Å²) in [7, 11) is -4.67. The molecule has 0 atom stereocenters. The van der Waals surface area contributed by atoms with Gasteiger partial charge in [0.05, 0.1) is 0 Å². The summed E-state index contributed by atoms with van der Waals surface area (Å²) in [5.41, 5.74) is 2.70. The molecule has 2 aromatic carbocycles. The number of unbranched alkanes of at least 4 members (excludes halogenated alkanes) is 12. The summed E-state index contributed by atoms with van der Waals surface area (Å²) >= 11 is 0. The molecule has 0 amide bonds. The molecule has 0 aliphatic heterocycles. The summed E-state index contributed by atoms with van der Waals surface area (Å²) in [6.07, 6.45) is 21.1. The van der Waals surface area contributed by atoms with E-state index in [9.17, 15) is 0 Å². The molecule has 2 rings (SSSR count). The second-order valence-electron chi connectivity index (χ2n) is 9.51. The zero-order chi connectivity index (χ0) is 26.5. The van der Waals surface area contributed by atoms with Crippen LogP contribution in [0.4, 0.5) is 0 Å². The first-order valence-electron chi connectivity index (χ1n) is 13.9. The van der Waals surface area contributed by atoms with Gasteiger partial charge in [-0.2, -0.15) is 8.42 Å². The molecule has 0 spiro atoms. The van der Waals surface area contributed by atoms with E-state index in [0.717, 1.165) is 24.3 Å². The predicted octanol–water partition coefficient (Wildman–Crippen LogP) is 6.53. The summed E-state index contributed by atoms with van der Waals surface area (Å²) in [5, 5.41) is 0. The molecule has 0 aromatic heterocycles. The van der Waals surface area contributed by atoms with E-state index >= 15 is 0 Å². The summed E-state index contributed by atoms with van der Waals surface area (Å²) < 4.78 is 38.0. The zero-order valence-electron chi connectivity index (χ0n) is 24.5. The van der Waals surface area contributed by atoms with Crippen molar-refractivity contribution in [3.8, 4) is 11.5 Å². The average Bonchev–Trinajstić information content (AvgIpc) is 2.84. The summed E-state index contributed by atoms with van der Waals surface area (Å²) in [4.78, 5) is 0. The van der Waals surface area contributed by atoms with E-state index in [1.54, 1.807) is 0 Å². The predicted molar refractivity (Wildman–Crippen MR) is 152 cm³/mol. The maximum atomic E-state index is 8.74. The Hall–Kier alpha value is -0.890. The molecule has 0 saturated heterocycles. The molecule has 5 nitrogen and oxygen atoms in total. The van der Waals surface area contributed by atoms with Crippen LogP contribution in [0.5, 0.6) is 11.5 Å². The third-order valence-electron chi connectivity index (χ3n) is 6.26. The van der Waals surface area contributed by atoms with Gasteiger partial charge in [0.1, 0.15) is 11.5 Å². The molecule has 2 N–H and O–H groups in total. The normalized spacial score (nSPS) is 10.8. The number of ether oxygens (including phenoxy) is 1. The van der Waals surface area contributed by atoms with Gasteiger partial charge in [-0.3, -0.25) is 9.11 Å². The molecule has 0 heterocycles. The van der Waals surface area contributed by atoms with Gasteiger partial charge in [0.15, 0.2) is 0 Å². The van der Waals surface area contributed by atoms with Crippen molar-refractivity contribution < 1.29 is 53.2 Å². The monoisotopic (exact) mass is 544 g/mol. The zero-order valence-corrected chi connectivity index (χ0v) is 26.3. The van der Waals surface area contributed by atoms with Gasteiger partial charge in [-0.25, -0.2) is 0 Å². The first-order valence-corrected chi connectivity index (χ1v) is 15.3. The van der Waals surface area contributed by atoms with Crippen LogP contribution >= 0.6 is 0 Å². The number of para-hydroxylation sites is 2. The van der Waals surface area contributed by atoms with Crippen LogP contribution in [0.3, 0.4) is 0 Å². The first kappa shape index (κ1) is 36.1. The van der Waals surface area contributed by atoms with Crippen LogP contribution in [0.1, 0.15) is 116 Å². The van der Waals surface area contributed by atoms with Crippen LogP contribution in [-0.4, -0.2) is 17.5 Å². The van der Waals surface area contributed by atoms with Crippen LogP contribution in [0.2, 0.25) is 0 Å². The fraction of sp³-hybridized carbons (Fsp3) is 0.600. The summed E-state index contributed by atoms with van der Waals surface area (Å²) in [5.74, 6) is 2.08. The van der Waals surface area contributed by atoms with E-state index in [4.69, 9.17) is 22.3 Å². The van der Waals surface area contributed by atoms with Crippen molar-refractivity contribution in [3.63, 3.8) is 0 Å². The van der Waals surface area contributed by atoms with Gasteiger partial charge in [0, 0.05) is 0 Å². The van der Waals surface area contributed by atoms with Gasteiger partial charge in [-0.1, -0.05) is 127 Å². The fourth-order valence-electron chi connectivity index (χ4n) is 4.28. The van der Waals surface area contributed by atoms with Crippen LogP contribution in [-0.2, 0) is 23.2 Å². The minimum absolute atomic E-state index is 0. The topological polar surface area (TPSA) is 83.8 Å². The Morgan fingerprint density at radius 2 is 0.892 bits per heavy atom. The largest absolute Gasteiger partial charge is 1.00 e. The Balaban J connectivity index is 0. The molecule has 7 heteroatoms. The molecule has 0 radical (unpaired) electrons. The van der Waals surface area contributed by atoms with E-state index in [0.29, 0.717) is 0 Å². The van der Waals surface area contributed by atoms with Crippen LogP contribution < -0.4 is 34.3 Å². The van der Waals surface area contributed by atoms with Gasteiger partial charge >= 0.3 is 40.0 Å². The van der Waals surface area contributed by atoms with Crippen molar-refractivity contribution >= 4 is 10.4 Å². The Morgan fingerprint density at radius 3 is 1.24 bits per heavy atom. The maximum absolute atomic E-state index is 8.74. The first-order chi connectivity index (χ1) is 17.3. The quantitative estimate of drug-likeness (QED) is 0.127. The fourth-order valence-corrected chi connectivity index (χ4v) is 4.28. The number of hydrogen-bond donors (Lipinski definition) is 2. The Kier molecular flexibility index (Phi) is 22.5. The maximum Gasteiger partial charge on any atom is 1.00 e. The standard InChI is InChI=1S/C30H46O.Na.H2O4S.H/c1-3-5-7-9-11-13-15-21-27-23-17-19-25-29(27)31-30-26-20-18-24-28(30)22-16-14-12-10-8-6-4-2;;1-5(2,3)4;/h17-20,23-26H,3-16,21-22H2,1-2H3;;(H2,1,2,3,4);/q;+1;;-1. The number of rotatable bonds is 18. The molecule has 0 unspecified atom stereocenters. The van der Waals surface area contributed by atoms with Crippen molar-refractivity contribution in [2.24, 2.45) is 0 Å². The second-order valence-corrected chi connectivity index (χ2v) is 10.4. The van der Waals surface area contributed by atoms with Crippen molar-refractivity contribution in [3.05, 3.63) is 59.7 Å². The van der Waals surface area contributed by atoms with E-state index in [1.807, 2.05) is 0 Å². The van der Waals surface area contributed by atoms with Gasteiger partial charge in [0.25, 0.3) is 0 Å². The molecule has 0 bridgehead atoms. The van der Waals surface area contributed by atoms with Gasteiger partial charge < -0.3 is 6.16 Å². The number of hydrogen-bond acceptors (Lipinski definition) is 3. The summed E-state index contributed by atoms with van der Waals surface area (Å²) in [6.45, 7) is 4.56. The average molecular weight is 545 g/mol. The van der Waals surface area contributed by atoms with Crippen molar-refractivity contribution in [1.82, 2.24) is 0 Å². The minimum atomic E-state index is -4.67. The smallest absolute Gasteiger partial charge is 1.00 e. The summed E-state index contributed by atoms with van der Waals surface area (Å²) in [6, 6.07) is 17.3. The Morgan fingerprint density at radius 1 is 0.595 bits per heavy atom. The molecule has 0 aliphatic rings. The molecule has 0 aliphatic carbocycles. The van der Waals surface area contributed by atoms with E-state index < -0.39 is 10.4 Å². The second kappa shape index (κ2) is 23.0. The molecule has 0 fully saturated rings. The van der Waals surface area contributed by atoms with Crippen LogP contribution in [0.15, 0.2) is 48.5 Å². The van der Waals surface area contributed by atoms with Crippen LogP contribution in [0.25, 0.3) is 0 Å². The molecule has 206 valence electrons. The van der Waals surface area contributed by atoms with Crippen molar-refractivity contribution in [2.45, 2.75) is 117 Å². The molecular weight excluding hydrogens is 495 g/mol. The van der Waals surface area contributed by atoms with Gasteiger partial charge in [-0.05, 0) is 48.9 Å². The van der Waals surface area contributed by atoms with Crippen LogP contribution in [0, 0.1) is 0 Å². The van der Waals surface area contributed by atoms with Gasteiger partial charge in [0.2, 0.25) is 0 Å².